The number of nitrogens with zero attached hydrogens (tertiary/aromatic N) is 1. The van der Waals surface area contributed by atoms with Crippen molar-refractivity contribution in [1.29, 1.82) is 0 Å². The lowest BCUT2D eigenvalue weighted by Gasteiger charge is -2.18. The van der Waals surface area contributed by atoms with Gasteiger partial charge in [0, 0.05) is 6.07 Å². The second kappa shape index (κ2) is 6.18. The predicted octanol–water partition coefficient (Wildman–Crippen LogP) is 0.169. The maximum absolute atomic E-state index is 11.9. The van der Waals surface area contributed by atoms with E-state index in [2.05, 4.69) is 5.32 Å². The fourth-order valence-electron chi connectivity index (χ4n) is 1.41. The summed E-state index contributed by atoms with van der Waals surface area (Å²) in [6.07, 6.45) is 0. The first-order valence-corrected chi connectivity index (χ1v) is 5.75. The number of rotatable bonds is 6. The number of methoxy groups -OCH3 is 1. The van der Waals surface area contributed by atoms with Gasteiger partial charge in [0.25, 0.3) is 11.6 Å². The fourth-order valence-corrected chi connectivity index (χ4v) is 1.41. The van der Waals surface area contributed by atoms with E-state index < -0.39 is 34.6 Å². The van der Waals surface area contributed by atoms with Gasteiger partial charge >= 0.3 is 5.97 Å². The van der Waals surface area contributed by atoms with Crippen LogP contribution in [0.25, 0.3) is 0 Å². The number of hydrogen-bond donors (Lipinski definition) is 3. The third-order valence-electron chi connectivity index (χ3n) is 2.70. The standard InChI is InChI=1S/C12H14N2O7/c1-12(18,11(16)17)6-13-10(15)8-5-7(21-2)3-4-9(8)14(19)20/h3-5,18H,6H2,1-2H3,(H,13,15)(H,16,17). The van der Waals surface area contributed by atoms with E-state index in [0.29, 0.717) is 0 Å². The number of carboxylic acids is 1. The number of nitro groups is 1. The molecule has 9 heteroatoms. The molecule has 0 aliphatic carbocycles. The van der Waals surface area contributed by atoms with Crippen LogP contribution in [0.15, 0.2) is 18.2 Å². The van der Waals surface area contributed by atoms with Gasteiger partial charge in [0.2, 0.25) is 0 Å². The van der Waals surface area contributed by atoms with E-state index in [4.69, 9.17) is 9.84 Å². The van der Waals surface area contributed by atoms with Crippen LogP contribution in [0.3, 0.4) is 0 Å². The summed E-state index contributed by atoms with van der Waals surface area (Å²) < 4.78 is 4.88. The minimum Gasteiger partial charge on any atom is -0.497 e. The SMILES string of the molecule is COc1ccc([N+](=O)[O-])c(C(=O)NCC(C)(O)C(=O)O)c1. The Hall–Kier alpha value is -2.68. The molecule has 0 radical (unpaired) electrons. The van der Waals surface area contributed by atoms with Crippen LogP contribution in [0.4, 0.5) is 5.69 Å². The number of carboxylic acid groups (broad SMARTS) is 1. The zero-order valence-electron chi connectivity index (χ0n) is 11.3. The number of carbonyl (C=O) groups excluding carboxylic acids is 1. The molecule has 0 aliphatic heterocycles. The highest BCUT2D eigenvalue weighted by molar-refractivity contribution is 5.98. The lowest BCUT2D eigenvalue weighted by molar-refractivity contribution is -0.385. The fraction of sp³-hybridized carbons (Fsp3) is 0.333. The molecule has 1 unspecified atom stereocenters. The largest absolute Gasteiger partial charge is 0.497 e. The molecule has 21 heavy (non-hydrogen) atoms. The van der Waals surface area contributed by atoms with Crippen molar-refractivity contribution < 1.29 is 29.5 Å². The molecule has 3 N–H and O–H groups in total. The minimum atomic E-state index is -2.18. The summed E-state index contributed by atoms with van der Waals surface area (Å²) in [4.78, 5) is 32.8. The summed E-state index contributed by atoms with van der Waals surface area (Å²) in [5.74, 6) is -2.18. The summed E-state index contributed by atoms with van der Waals surface area (Å²) in [6, 6.07) is 3.58. The van der Waals surface area contributed by atoms with Crippen LogP contribution in [0.2, 0.25) is 0 Å². The summed E-state index contributed by atoms with van der Waals surface area (Å²) in [5.41, 5.74) is -2.92. The highest BCUT2D eigenvalue weighted by Gasteiger charge is 2.31. The van der Waals surface area contributed by atoms with Crippen molar-refractivity contribution in [3.63, 3.8) is 0 Å². The number of hydrogen-bond acceptors (Lipinski definition) is 6. The van der Waals surface area contributed by atoms with E-state index in [9.17, 15) is 24.8 Å². The average molecular weight is 298 g/mol. The molecule has 1 aromatic carbocycles. The van der Waals surface area contributed by atoms with Crippen LogP contribution >= 0.6 is 0 Å². The topological polar surface area (TPSA) is 139 Å². The van der Waals surface area contributed by atoms with E-state index in [1.165, 1.54) is 13.2 Å². The third kappa shape index (κ3) is 3.89. The van der Waals surface area contributed by atoms with Crippen molar-refractivity contribution in [2.24, 2.45) is 0 Å². The minimum absolute atomic E-state index is 0.232. The van der Waals surface area contributed by atoms with Gasteiger partial charge in [-0.1, -0.05) is 0 Å². The zero-order chi connectivity index (χ0) is 16.2. The normalized spacial score (nSPS) is 13.1. The monoisotopic (exact) mass is 298 g/mol. The van der Waals surface area contributed by atoms with Gasteiger partial charge in [0.15, 0.2) is 5.60 Å². The van der Waals surface area contributed by atoms with E-state index in [-0.39, 0.29) is 11.3 Å². The van der Waals surface area contributed by atoms with Gasteiger partial charge in [-0.3, -0.25) is 14.9 Å². The molecule has 0 spiro atoms. The Labute approximate surface area is 119 Å². The van der Waals surface area contributed by atoms with Gasteiger partial charge in [-0.15, -0.1) is 0 Å². The van der Waals surface area contributed by atoms with Crippen molar-refractivity contribution in [3.8, 4) is 5.75 Å². The van der Waals surface area contributed by atoms with Crippen molar-refractivity contribution in [2.75, 3.05) is 13.7 Å². The maximum atomic E-state index is 11.9. The summed E-state index contributed by atoms with van der Waals surface area (Å²) in [7, 11) is 1.33. The first-order valence-electron chi connectivity index (χ1n) is 5.75. The van der Waals surface area contributed by atoms with E-state index in [1.54, 1.807) is 0 Å². The third-order valence-corrected chi connectivity index (χ3v) is 2.70. The molecule has 9 nitrogen and oxygen atoms in total. The molecular formula is C12H14N2O7. The number of amides is 1. The molecule has 0 saturated carbocycles. The highest BCUT2D eigenvalue weighted by atomic mass is 16.6. The molecule has 114 valence electrons. The van der Waals surface area contributed by atoms with Crippen molar-refractivity contribution >= 4 is 17.6 Å². The van der Waals surface area contributed by atoms with Crippen LogP contribution in [-0.2, 0) is 4.79 Å². The van der Waals surface area contributed by atoms with Gasteiger partial charge < -0.3 is 20.3 Å². The zero-order valence-corrected chi connectivity index (χ0v) is 11.3. The lowest BCUT2D eigenvalue weighted by atomic mass is 10.1. The molecule has 1 rings (SSSR count). The first-order chi connectivity index (χ1) is 9.69. The van der Waals surface area contributed by atoms with Crippen LogP contribution in [0, 0.1) is 10.1 Å². The smallest absolute Gasteiger partial charge is 0.337 e. The second-order valence-corrected chi connectivity index (χ2v) is 4.40. The van der Waals surface area contributed by atoms with Gasteiger partial charge in [-0.2, -0.15) is 0 Å². The maximum Gasteiger partial charge on any atom is 0.337 e. The van der Waals surface area contributed by atoms with Crippen LogP contribution in [0.1, 0.15) is 17.3 Å². The van der Waals surface area contributed by atoms with Crippen LogP contribution in [-0.4, -0.2) is 46.3 Å². The number of carbonyl (C=O) groups is 2. The Morgan fingerprint density at radius 2 is 2.10 bits per heavy atom. The Bertz CT molecular complexity index is 583. The second-order valence-electron chi connectivity index (χ2n) is 4.40. The van der Waals surface area contributed by atoms with Crippen LogP contribution < -0.4 is 10.1 Å². The number of aliphatic carboxylic acids is 1. The Kier molecular flexibility index (Phi) is 4.82. The van der Waals surface area contributed by atoms with Gasteiger partial charge in [0.1, 0.15) is 11.3 Å². The van der Waals surface area contributed by atoms with E-state index in [0.717, 1.165) is 19.1 Å². The molecule has 0 aromatic heterocycles. The molecule has 0 aliphatic rings. The molecule has 0 fully saturated rings. The van der Waals surface area contributed by atoms with E-state index in [1.807, 2.05) is 0 Å². The highest BCUT2D eigenvalue weighted by Crippen LogP contribution is 2.23. The lowest BCUT2D eigenvalue weighted by Crippen LogP contribution is -2.46. The number of ether oxygens (including phenoxy) is 1. The van der Waals surface area contributed by atoms with E-state index >= 15 is 0 Å². The number of benzene rings is 1. The molecule has 0 bridgehead atoms. The molecule has 1 atom stereocenters. The molecule has 1 amide bonds. The van der Waals surface area contributed by atoms with Gasteiger partial charge in [-0.05, 0) is 19.1 Å². The first kappa shape index (κ1) is 16.4. The number of nitro benzene ring substituents is 1. The Morgan fingerprint density at radius 3 is 2.57 bits per heavy atom. The van der Waals surface area contributed by atoms with Gasteiger partial charge in [0.05, 0.1) is 18.6 Å². The quantitative estimate of drug-likeness (QED) is 0.502. The molecule has 0 heterocycles. The molecule has 0 saturated heterocycles. The van der Waals surface area contributed by atoms with Crippen molar-refractivity contribution in [2.45, 2.75) is 12.5 Å². The van der Waals surface area contributed by atoms with Crippen molar-refractivity contribution in [1.82, 2.24) is 5.32 Å². The molecular weight excluding hydrogens is 284 g/mol. The summed E-state index contributed by atoms with van der Waals surface area (Å²) in [6.45, 7) is 0.394. The number of aliphatic hydroxyl groups is 1. The Balaban J connectivity index is 3.01. The molecule has 1 aromatic rings. The Morgan fingerprint density at radius 1 is 1.48 bits per heavy atom. The average Bonchev–Trinajstić information content (AvgIpc) is 2.43. The van der Waals surface area contributed by atoms with Crippen molar-refractivity contribution in [3.05, 3.63) is 33.9 Å². The van der Waals surface area contributed by atoms with Gasteiger partial charge in [-0.25, -0.2) is 4.79 Å². The predicted molar refractivity (Wildman–Crippen MR) is 70.2 cm³/mol. The summed E-state index contributed by atoms with van der Waals surface area (Å²) in [5, 5.41) is 31.2. The van der Waals surface area contributed by atoms with Crippen LogP contribution in [0.5, 0.6) is 5.75 Å². The summed E-state index contributed by atoms with van der Waals surface area (Å²) >= 11 is 0. The number of nitrogens with one attached hydrogen (secondary N) is 1.